The lowest BCUT2D eigenvalue weighted by Crippen LogP contribution is -2.48. The van der Waals surface area contributed by atoms with Gasteiger partial charge in [-0.25, -0.2) is 8.42 Å². The zero-order chi connectivity index (χ0) is 15.3. The van der Waals surface area contributed by atoms with Crippen molar-refractivity contribution in [3.05, 3.63) is 35.9 Å². The van der Waals surface area contributed by atoms with E-state index in [0.717, 1.165) is 31.6 Å². The molecule has 0 unspecified atom stereocenters. The molecular formula is C15H22N2O3S. The van der Waals surface area contributed by atoms with Gasteiger partial charge in [-0.05, 0) is 13.0 Å². The van der Waals surface area contributed by atoms with Gasteiger partial charge < -0.3 is 4.90 Å². The highest BCUT2D eigenvalue weighted by Crippen LogP contribution is 2.09. The van der Waals surface area contributed by atoms with Crippen molar-refractivity contribution in [3.63, 3.8) is 0 Å². The van der Waals surface area contributed by atoms with Gasteiger partial charge in [0, 0.05) is 38.2 Å². The summed E-state index contributed by atoms with van der Waals surface area (Å²) in [6, 6.07) is 9.33. The van der Waals surface area contributed by atoms with Crippen LogP contribution in [-0.2, 0) is 10.0 Å². The van der Waals surface area contributed by atoms with Gasteiger partial charge in [0.1, 0.15) is 0 Å². The highest BCUT2D eigenvalue weighted by atomic mass is 32.2. The molecule has 0 atom stereocenters. The van der Waals surface area contributed by atoms with Crippen molar-refractivity contribution in [1.29, 1.82) is 0 Å². The van der Waals surface area contributed by atoms with Crippen LogP contribution in [-0.4, -0.2) is 62.4 Å². The molecule has 1 heterocycles. The summed E-state index contributed by atoms with van der Waals surface area (Å²) in [6.45, 7) is 3.42. The van der Waals surface area contributed by atoms with E-state index < -0.39 is 10.0 Å². The van der Waals surface area contributed by atoms with E-state index in [-0.39, 0.29) is 5.78 Å². The summed E-state index contributed by atoms with van der Waals surface area (Å²) in [5.74, 6) is 0.172. The summed E-state index contributed by atoms with van der Waals surface area (Å²) >= 11 is 0. The van der Waals surface area contributed by atoms with Crippen molar-refractivity contribution in [1.82, 2.24) is 9.21 Å². The maximum absolute atomic E-state index is 12.0. The Morgan fingerprint density at radius 2 is 1.71 bits per heavy atom. The molecular weight excluding hydrogens is 288 g/mol. The van der Waals surface area contributed by atoms with Crippen molar-refractivity contribution in [2.75, 3.05) is 39.0 Å². The van der Waals surface area contributed by atoms with Crippen LogP contribution in [0, 0.1) is 0 Å². The largest absolute Gasteiger partial charge is 0.301 e. The van der Waals surface area contributed by atoms with E-state index in [1.54, 1.807) is 0 Å². The van der Waals surface area contributed by atoms with E-state index >= 15 is 0 Å². The first kappa shape index (κ1) is 16.1. The van der Waals surface area contributed by atoms with Gasteiger partial charge in [0.25, 0.3) is 0 Å². The Labute approximate surface area is 126 Å². The lowest BCUT2D eigenvalue weighted by Gasteiger charge is -2.33. The molecule has 0 aliphatic carbocycles. The second-order valence-corrected chi connectivity index (χ2v) is 7.38. The van der Waals surface area contributed by atoms with Crippen molar-refractivity contribution in [3.8, 4) is 0 Å². The molecule has 0 aromatic heterocycles. The predicted molar refractivity (Wildman–Crippen MR) is 82.9 cm³/mol. The van der Waals surface area contributed by atoms with Crippen LogP contribution in [0.3, 0.4) is 0 Å². The Morgan fingerprint density at radius 1 is 1.10 bits per heavy atom. The van der Waals surface area contributed by atoms with Crippen LogP contribution >= 0.6 is 0 Å². The molecule has 1 aromatic carbocycles. The summed E-state index contributed by atoms with van der Waals surface area (Å²) in [7, 11) is -3.07. The normalized spacial score (nSPS) is 17.8. The molecule has 5 nitrogen and oxygen atoms in total. The van der Waals surface area contributed by atoms with E-state index in [0.29, 0.717) is 19.5 Å². The first-order valence-electron chi connectivity index (χ1n) is 7.22. The number of carbonyl (C=O) groups is 1. The predicted octanol–water partition coefficient (Wildman–Crippen LogP) is 1.23. The third-order valence-corrected chi connectivity index (χ3v) is 5.08. The summed E-state index contributed by atoms with van der Waals surface area (Å²) in [5, 5.41) is 0. The molecule has 0 spiro atoms. The number of Topliss-reactive ketones (excluding diaryl/α,β-unsaturated/α-hetero) is 1. The highest BCUT2D eigenvalue weighted by molar-refractivity contribution is 7.88. The van der Waals surface area contributed by atoms with Crippen LogP contribution in [0.2, 0.25) is 0 Å². The fourth-order valence-electron chi connectivity index (χ4n) is 2.52. The van der Waals surface area contributed by atoms with Crippen LogP contribution < -0.4 is 0 Å². The Kier molecular flexibility index (Phi) is 5.50. The van der Waals surface area contributed by atoms with Crippen LogP contribution in [0.25, 0.3) is 0 Å². The van der Waals surface area contributed by atoms with E-state index in [1.807, 2.05) is 30.3 Å². The van der Waals surface area contributed by atoms with Gasteiger partial charge in [-0.15, -0.1) is 0 Å². The topological polar surface area (TPSA) is 57.7 Å². The fourth-order valence-corrected chi connectivity index (χ4v) is 3.34. The Morgan fingerprint density at radius 3 is 2.29 bits per heavy atom. The van der Waals surface area contributed by atoms with Crippen LogP contribution in [0.15, 0.2) is 30.3 Å². The number of piperazine rings is 1. The average molecular weight is 310 g/mol. The number of rotatable bonds is 6. The molecule has 1 fully saturated rings. The van der Waals surface area contributed by atoms with E-state index in [2.05, 4.69) is 4.90 Å². The summed E-state index contributed by atoms with van der Waals surface area (Å²) in [6.07, 6.45) is 2.60. The number of ketones is 1. The van der Waals surface area contributed by atoms with E-state index in [1.165, 1.54) is 10.6 Å². The molecule has 116 valence electrons. The molecule has 2 rings (SSSR count). The molecule has 21 heavy (non-hydrogen) atoms. The zero-order valence-electron chi connectivity index (χ0n) is 12.4. The minimum Gasteiger partial charge on any atom is -0.301 e. The number of carbonyl (C=O) groups excluding carboxylic acids is 1. The molecule has 0 amide bonds. The Hall–Kier alpha value is -1.24. The van der Waals surface area contributed by atoms with Crippen LogP contribution in [0.4, 0.5) is 0 Å². The van der Waals surface area contributed by atoms with Crippen LogP contribution in [0.5, 0.6) is 0 Å². The van der Waals surface area contributed by atoms with Gasteiger partial charge in [-0.3, -0.25) is 4.79 Å². The second kappa shape index (κ2) is 7.15. The quantitative estimate of drug-likeness (QED) is 0.742. The molecule has 6 heteroatoms. The average Bonchev–Trinajstić information content (AvgIpc) is 2.47. The minimum absolute atomic E-state index is 0.172. The monoisotopic (exact) mass is 310 g/mol. The smallest absolute Gasteiger partial charge is 0.211 e. The van der Waals surface area contributed by atoms with Gasteiger partial charge in [-0.1, -0.05) is 30.3 Å². The first-order valence-corrected chi connectivity index (χ1v) is 9.07. The van der Waals surface area contributed by atoms with E-state index in [4.69, 9.17) is 0 Å². The number of benzene rings is 1. The summed E-state index contributed by atoms with van der Waals surface area (Å²) in [5.41, 5.74) is 0.763. The SMILES string of the molecule is CS(=O)(=O)N1CCN(CCCC(=O)c2ccccc2)CC1. The van der Waals surface area contributed by atoms with Crippen molar-refractivity contribution < 1.29 is 13.2 Å². The summed E-state index contributed by atoms with van der Waals surface area (Å²) < 4.78 is 24.3. The lowest BCUT2D eigenvalue weighted by molar-refractivity contribution is 0.0971. The number of sulfonamides is 1. The standard InChI is InChI=1S/C15H22N2O3S/c1-21(19,20)17-12-10-16(11-13-17)9-5-8-15(18)14-6-3-2-4-7-14/h2-4,6-7H,5,8-13H2,1H3. The highest BCUT2D eigenvalue weighted by Gasteiger charge is 2.22. The molecule has 1 aliphatic heterocycles. The maximum Gasteiger partial charge on any atom is 0.211 e. The van der Waals surface area contributed by atoms with Gasteiger partial charge in [-0.2, -0.15) is 4.31 Å². The lowest BCUT2D eigenvalue weighted by atomic mass is 10.1. The fraction of sp³-hybridized carbons (Fsp3) is 0.533. The zero-order valence-corrected chi connectivity index (χ0v) is 13.2. The van der Waals surface area contributed by atoms with Gasteiger partial charge in [0.2, 0.25) is 10.0 Å². The number of hydrogen-bond acceptors (Lipinski definition) is 4. The third kappa shape index (κ3) is 4.91. The molecule has 0 N–H and O–H groups in total. The Balaban J connectivity index is 1.70. The van der Waals surface area contributed by atoms with Gasteiger partial charge in [0.05, 0.1) is 6.26 Å². The van der Waals surface area contributed by atoms with Crippen LogP contribution in [0.1, 0.15) is 23.2 Å². The van der Waals surface area contributed by atoms with E-state index in [9.17, 15) is 13.2 Å². The molecule has 0 bridgehead atoms. The molecule has 1 saturated heterocycles. The molecule has 0 radical (unpaired) electrons. The second-order valence-electron chi connectivity index (χ2n) is 5.40. The van der Waals surface area contributed by atoms with Crippen molar-refractivity contribution >= 4 is 15.8 Å². The molecule has 1 aromatic rings. The maximum atomic E-state index is 12.0. The van der Waals surface area contributed by atoms with Gasteiger partial charge >= 0.3 is 0 Å². The summed E-state index contributed by atoms with van der Waals surface area (Å²) in [4.78, 5) is 14.2. The Bertz CT molecular complexity index is 564. The van der Waals surface area contributed by atoms with Crippen molar-refractivity contribution in [2.24, 2.45) is 0 Å². The van der Waals surface area contributed by atoms with Gasteiger partial charge in [0.15, 0.2) is 5.78 Å². The number of nitrogens with zero attached hydrogens (tertiary/aromatic N) is 2. The number of hydrogen-bond donors (Lipinski definition) is 0. The minimum atomic E-state index is -3.07. The molecule has 1 aliphatic rings. The first-order chi connectivity index (χ1) is 9.97. The third-order valence-electron chi connectivity index (χ3n) is 3.77. The van der Waals surface area contributed by atoms with Crippen molar-refractivity contribution in [2.45, 2.75) is 12.8 Å². The molecule has 0 saturated carbocycles.